The van der Waals surface area contributed by atoms with Gasteiger partial charge in [-0.2, -0.15) is 0 Å². The van der Waals surface area contributed by atoms with Gasteiger partial charge in [-0.1, -0.05) is 20.8 Å². The van der Waals surface area contributed by atoms with Gasteiger partial charge in [-0.25, -0.2) is 4.39 Å². The molecule has 0 saturated heterocycles. The molecule has 3 N–H and O–H groups in total. The lowest BCUT2D eigenvalue weighted by Gasteiger charge is -2.34. The minimum atomic E-state index is -0.760. The van der Waals surface area contributed by atoms with Crippen LogP contribution in [-0.4, -0.2) is 5.91 Å². The SMILES string of the molecule is CCC(C)(C)C(Nc1c(Nc2c(F)cc(C)c3c2C(=O)NC3)c(=O)c1=O)c1cc(C)c(C)o1. The van der Waals surface area contributed by atoms with Crippen LogP contribution in [0.3, 0.4) is 0 Å². The van der Waals surface area contributed by atoms with E-state index in [1.165, 1.54) is 6.07 Å². The lowest BCUT2D eigenvalue weighted by atomic mass is 9.80. The standard InChI is InChI=1S/C25H28FN3O4/c1-7-25(5,6)23(16-9-11(2)13(4)33-16)29-20-19(21(30)22(20)31)28-18-15(26)8-12(3)14-10-27-24(32)17(14)18/h8-9,23,28-29H,7,10H2,1-6H3,(H,27,32). The van der Waals surface area contributed by atoms with Crippen molar-refractivity contribution in [2.75, 3.05) is 10.6 Å². The number of aryl methyl sites for hydroxylation is 3. The molecule has 0 spiro atoms. The third kappa shape index (κ3) is 3.63. The zero-order valence-electron chi connectivity index (χ0n) is 19.7. The van der Waals surface area contributed by atoms with E-state index in [1.54, 1.807) is 6.92 Å². The van der Waals surface area contributed by atoms with Crippen LogP contribution in [0.1, 0.15) is 71.8 Å². The number of nitrogens with one attached hydrogen (secondary N) is 3. The average Bonchev–Trinajstić information content (AvgIpc) is 3.31. The number of amides is 1. The Morgan fingerprint density at radius 2 is 1.73 bits per heavy atom. The van der Waals surface area contributed by atoms with E-state index in [2.05, 4.69) is 16.0 Å². The Hall–Kier alpha value is -3.42. The minimum Gasteiger partial charge on any atom is -0.464 e. The Balaban J connectivity index is 1.76. The summed E-state index contributed by atoms with van der Waals surface area (Å²) in [6.45, 7) is 11.9. The quantitative estimate of drug-likeness (QED) is 0.455. The molecule has 0 fully saturated rings. The maximum atomic E-state index is 14.9. The van der Waals surface area contributed by atoms with Crippen molar-refractivity contribution < 1.29 is 13.6 Å². The van der Waals surface area contributed by atoms with Gasteiger partial charge < -0.3 is 20.4 Å². The smallest absolute Gasteiger partial charge is 0.254 e. The summed E-state index contributed by atoms with van der Waals surface area (Å²) in [7, 11) is 0. The van der Waals surface area contributed by atoms with Crippen LogP contribution in [0.5, 0.6) is 0 Å². The van der Waals surface area contributed by atoms with Crippen molar-refractivity contribution in [2.45, 2.75) is 60.5 Å². The van der Waals surface area contributed by atoms with Gasteiger partial charge in [0, 0.05) is 6.54 Å². The van der Waals surface area contributed by atoms with E-state index in [4.69, 9.17) is 4.42 Å². The van der Waals surface area contributed by atoms with Crippen LogP contribution in [0.2, 0.25) is 0 Å². The van der Waals surface area contributed by atoms with Crippen molar-refractivity contribution in [3.63, 3.8) is 0 Å². The van der Waals surface area contributed by atoms with E-state index >= 15 is 0 Å². The van der Waals surface area contributed by atoms with Crippen LogP contribution in [0.15, 0.2) is 26.1 Å². The molecular formula is C25H28FN3O4. The molecule has 3 aromatic rings. The molecule has 7 nitrogen and oxygen atoms in total. The first-order valence-corrected chi connectivity index (χ1v) is 11.0. The fourth-order valence-electron chi connectivity index (χ4n) is 4.19. The Bertz CT molecular complexity index is 1330. The summed E-state index contributed by atoms with van der Waals surface area (Å²) in [5.74, 6) is 0.341. The molecule has 33 heavy (non-hydrogen) atoms. The second-order valence-corrected chi connectivity index (χ2v) is 9.43. The summed E-state index contributed by atoms with van der Waals surface area (Å²) in [5, 5.41) is 8.63. The maximum Gasteiger partial charge on any atom is 0.254 e. The van der Waals surface area contributed by atoms with E-state index in [9.17, 15) is 18.8 Å². The normalized spacial score (nSPS) is 14.3. The number of carbonyl (C=O) groups excluding carboxylic acids is 1. The number of hydrogen-bond acceptors (Lipinski definition) is 6. The largest absolute Gasteiger partial charge is 0.464 e. The fourth-order valence-corrected chi connectivity index (χ4v) is 4.19. The van der Waals surface area contributed by atoms with Gasteiger partial charge in [0.05, 0.1) is 17.3 Å². The average molecular weight is 454 g/mol. The van der Waals surface area contributed by atoms with E-state index in [0.29, 0.717) is 16.9 Å². The molecule has 2 heterocycles. The van der Waals surface area contributed by atoms with Crippen molar-refractivity contribution >= 4 is 23.0 Å². The van der Waals surface area contributed by atoms with E-state index in [-0.39, 0.29) is 34.6 Å². The first-order valence-electron chi connectivity index (χ1n) is 11.0. The second-order valence-electron chi connectivity index (χ2n) is 9.43. The van der Waals surface area contributed by atoms with Crippen molar-refractivity contribution in [1.29, 1.82) is 0 Å². The van der Waals surface area contributed by atoms with Crippen molar-refractivity contribution in [1.82, 2.24) is 5.32 Å². The van der Waals surface area contributed by atoms with Gasteiger partial charge in [-0.15, -0.1) is 0 Å². The number of rotatable bonds is 7. The molecule has 4 rings (SSSR count). The first kappa shape index (κ1) is 22.8. The monoisotopic (exact) mass is 453 g/mol. The molecule has 8 heteroatoms. The van der Waals surface area contributed by atoms with E-state index in [0.717, 1.165) is 17.7 Å². The van der Waals surface area contributed by atoms with Crippen LogP contribution >= 0.6 is 0 Å². The van der Waals surface area contributed by atoms with Gasteiger partial charge in [0.15, 0.2) is 0 Å². The summed E-state index contributed by atoms with van der Waals surface area (Å²) in [4.78, 5) is 37.4. The third-order valence-electron chi connectivity index (χ3n) is 6.87. The van der Waals surface area contributed by atoms with Crippen LogP contribution in [0.4, 0.5) is 21.5 Å². The van der Waals surface area contributed by atoms with Crippen LogP contribution in [0.25, 0.3) is 0 Å². The highest BCUT2D eigenvalue weighted by Gasteiger charge is 2.36. The van der Waals surface area contributed by atoms with Crippen LogP contribution in [-0.2, 0) is 6.54 Å². The van der Waals surface area contributed by atoms with Gasteiger partial charge in [0.2, 0.25) is 0 Å². The van der Waals surface area contributed by atoms with Crippen molar-refractivity contribution in [2.24, 2.45) is 5.41 Å². The summed E-state index contributed by atoms with van der Waals surface area (Å²) < 4.78 is 20.8. The number of fused-ring (bicyclic) bond motifs is 1. The Kier molecular flexibility index (Phi) is 5.42. The Morgan fingerprint density at radius 3 is 2.33 bits per heavy atom. The molecule has 1 aromatic heterocycles. The van der Waals surface area contributed by atoms with Crippen LogP contribution < -0.4 is 26.8 Å². The number of furan rings is 1. The molecule has 174 valence electrons. The van der Waals surface area contributed by atoms with E-state index in [1.807, 2.05) is 40.7 Å². The van der Waals surface area contributed by atoms with E-state index < -0.39 is 28.6 Å². The molecular weight excluding hydrogens is 425 g/mol. The molecule has 1 aliphatic rings. The summed E-state index contributed by atoms with van der Waals surface area (Å²) in [6, 6.07) is 2.83. The second kappa shape index (κ2) is 7.86. The molecule has 2 aromatic carbocycles. The molecule has 0 radical (unpaired) electrons. The molecule has 0 saturated carbocycles. The zero-order chi connectivity index (χ0) is 24.2. The number of halogens is 1. The highest BCUT2D eigenvalue weighted by atomic mass is 19.1. The molecule has 0 bridgehead atoms. The predicted molar refractivity (Wildman–Crippen MR) is 126 cm³/mol. The molecule has 1 amide bonds. The molecule has 1 unspecified atom stereocenters. The maximum absolute atomic E-state index is 14.9. The summed E-state index contributed by atoms with van der Waals surface area (Å²) in [5.41, 5.74) is 0.580. The Labute approximate surface area is 191 Å². The lowest BCUT2D eigenvalue weighted by molar-refractivity contribution is 0.0966. The molecule has 1 atom stereocenters. The highest BCUT2D eigenvalue weighted by molar-refractivity contribution is 6.05. The van der Waals surface area contributed by atoms with Gasteiger partial charge in [-0.05, 0) is 61.4 Å². The third-order valence-corrected chi connectivity index (χ3v) is 6.87. The van der Waals surface area contributed by atoms with Gasteiger partial charge in [-0.3, -0.25) is 14.4 Å². The molecule has 1 aliphatic heterocycles. The highest BCUT2D eigenvalue weighted by Crippen LogP contribution is 2.41. The predicted octanol–water partition coefficient (Wildman–Crippen LogP) is 4.52. The summed E-state index contributed by atoms with van der Waals surface area (Å²) in [6.07, 6.45) is 0.766. The minimum absolute atomic E-state index is 0.0541. The lowest BCUT2D eigenvalue weighted by Crippen LogP contribution is -2.40. The number of hydrogen-bond donors (Lipinski definition) is 3. The van der Waals surface area contributed by atoms with Gasteiger partial charge in [0.25, 0.3) is 16.8 Å². The zero-order valence-corrected chi connectivity index (χ0v) is 19.7. The number of benzene rings is 1. The van der Waals surface area contributed by atoms with Gasteiger partial charge >= 0.3 is 0 Å². The number of anilines is 3. The first-order chi connectivity index (χ1) is 15.5. The fraction of sp³-hybridized carbons (Fsp3) is 0.400. The number of carbonyl (C=O) groups is 1. The van der Waals surface area contributed by atoms with Crippen molar-refractivity contribution in [3.8, 4) is 0 Å². The van der Waals surface area contributed by atoms with Crippen LogP contribution in [0, 0.1) is 32.0 Å². The summed E-state index contributed by atoms with van der Waals surface area (Å²) >= 11 is 0. The van der Waals surface area contributed by atoms with Gasteiger partial charge in [0.1, 0.15) is 28.7 Å². The topological polar surface area (TPSA) is 100 Å². The molecule has 0 aliphatic carbocycles. The van der Waals surface area contributed by atoms with Crippen molar-refractivity contribution in [3.05, 3.63) is 72.2 Å². The Morgan fingerprint density at radius 1 is 1.06 bits per heavy atom.